The molecule has 1 N–H and O–H groups in total. The largest absolute Gasteiger partial charge is 0.388 e. The number of halogens is 1. The first-order valence-corrected chi connectivity index (χ1v) is 5.31. The quantitative estimate of drug-likeness (QED) is 0.887. The topological polar surface area (TPSA) is 46.0 Å². The summed E-state index contributed by atoms with van der Waals surface area (Å²) in [5.41, 5.74) is 1.67. The molecule has 0 fully saturated rings. The predicted molar refractivity (Wildman–Crippen MR) is 62.1 cm³/mol. The van der Waals surface area contributed by atoms with E-state index in [1.54, 1.807) is 24.7 Å². The van der Waals surface area contributed by atoms with Gasteiger partial charge in [0.15, 0.2) is 0 Å². The summed E-state index contributed by atoms with van der Waals surface area (Å²) < 4.78 is 0. The van der Waals surface area contributed by atoms with Crippen molar-refractivity contribution in [3.63, 3.8) is 0 Å². The van der Waals surface area contributed by atoms with Crippen LogP contribution >= 0.6 is 11.6 Å². The Morgan fingerprint density at radius 2 is 2.00 bits per heavy atom. The fourth-order valence-electron chi connectivity index (χ4n) is 1.51. The lowest BCUT2D eigenvalue weighted by atomic mass is 10.0. The number of rotatable bonds is 3. The maximum absolute atomic E-state index is 10.0. The normalized spacial score (nSPS) is 12.4. The van der Waals surface area contributed by atoms with Gasteiger partial charge in [-0.05, 0) is 17.7 Å². The van der Waals surface area contributed by atoms with Gasteiger partial charge in [-0.2, -0.15) is 0 Å². The zero-order chi connectivity index (χ0) is 11.4. The fraction of sp³-hybridized carbons (Fsp3) is 0.167. The summed E-state index contributed by atoms with van der Waals surface area (Å²) in [6, 6.07) is 5.49. The first-order valence-electron chi connectivity index (χ1n) is 4.94. The molecule has 1 unspecified atom stereocenters. The van der Waals surface area contributed by atoms with E-state index in [9.17, 15) is 5.11 Å². The average molecular weight is 235 g/mol. The standard InChI is InChI=1S/C12H11ClN2O/c13-11-8-15-5-3-10(11)12(16)6-9-2-1-4-14-7-9/h1-5,7-8,12,16H,6H2. The molecular weight excluding hydrogens is 224 g/mol. The van der Waals surface area contributed by atoms with Gasteiger partial charge in [0, 0.05) is 36.8 Å². The Hall–Kier alpha value is -1.45. The molecule has 2 aromatic heterocycles. The van der Waals surface area contributed by atoms with Crippen LogP contribution in [0, 0.1) is 0 Å². The van der Waals surface area contributed by atoms with Crippen LogP contribution in [0.4, 0.5) is 0 Å². The maximum atomic E-state index is 10.0. The SMILES string of the molecule is OC(Cc1cccnc1)c1ccncc1Cl. The van der Waals surface area contributed by atoms with Crippen molar-refractivity contribution >= 4 is 11.6 Å². The Labute approximate surface area is 98.8 Å². The number of hydrogen-bond acceptors (Lipinski definition) is 3. The van der Waals surface area contributed by atoms with Crippen molar-refractivity contribution in [2.75, 3.05) is 0 Å². The molecule has 2 aromatic rings. The van der Waals surface area contributed by atoms with Gasteiger partial charge in [-0.15, -0.1) is 0 Å². The second kappa shape index (κ2) is 5.05. The van der Waals surface area contributed by atoms with Crippen LogP contribution in [0.25, 0.3) is 0 Å². The van der Waals surface area contributed by atoms with Crippen molar-refractivity contribution < 1.29 is 5.11 Å². The summed E-state index contributed by atoms with van der Waals surface area (Å²) in [4.78, 5) is 7.88. The Balaban J connectivity index is 2.15. The molecule has 0 aliphatic heterocycles. The highest BCUT2D eigenvalue weighted by atomic mass is 35.5. The van der Waals surface area contributed by atoms with Gasteiger partial charge in [-0.3, -0.25) is 9.97 Å². The molecule has 0 aliphatic carbocycles. The molecule has 0 aliphatic rings. The molecule has 4 heteroatoms. The average Bonchev–Trinajstić information content (AvgIpc) is 2.31. The number of pyridine rings is 2. The van der Waals surface area contributed by atoms with E-state index in [1.807, 2.05) is 12.1 Å². The van der Waals surface area contributed by atoms with E-state index in [2.05, 4.69) is 9.97 Å². The Morgan fingerprint density at radius 3 is 2.69 bits per heavy atom. The highest BCUT2D eigenvalue weighted by Gasteiger charge is 2.11. The molecule has 0 saturated heterocycles. The first-order chi connectivity index (χ1) is 7.77. The summed E-state index contributed by atoms with van der Waals surface area (Å²) in [5.74, 6) is 0. The van der Waals surface area contributed by atoms with Crippen molar-refractivity contribution in [2.24, 2.45) is 0 Å². The number of aliphatic hydroxyl groups is 1. The van der Waals surface area contributed by atoms with E-state index in [0.29, 0.717) is 17.0 Å². The van der Waals surface area contributed by atoms with Crippen LogP contribution in [-0.2, 0) is 6.42 Å². The first kappa shape index (κ1) is 11.0. The molecule has 0 radical (unpaired) electrons. The number of hydrogen-bond donors (Lipinski definition) is 1. The van der Waals surface area contributed by atoms with E-state index < -0.39 is 6.10 Å². The highest BCUT2D eigenvalue weighted by Crippen LogP contribution is 2.24. The second-order valence-corrected chi connectivity index (χ2v) is 3.89. The van der Waals surface area contributed by atoms with E-state index >= 15 is 0 Å². The molecule has 0 aromatic carbocycles. The van der Waals surface area contributed by atoms with Gasteiger partial charge in [0.2, 0.25) is 0 Å². The lowest BCUT2D eigenvalue weighted by Crippen LogP contribution is -2.03. The van der Waals surface area contributed by atoms with Crippen molar-refractivity contribution in [2.45, 2.75) is 12.5 Å². The molecule has 3 nitrogen and oxygen atoms in total. The minimum atomic E-state index is -0.625. The third-order valence-corrected chi connectivity index (χ3v) is 2.63. The summed E-state index contributed by atoms with van der Waals surface area (Å²) in [6.45, 7) is 0. The van der Waals surface area contributed by atoms with E-state index in [1.165, 1.54) is 6.20 Å². The van der Waals surface area contributed by atoms with Gasteiger partial charge in [-0.25, -0.2) is 0 Å². The molecule has 2 heterocycles. The van der Waals surface area contributed by atoms with Crippen LogP contribution in [0.5, 0.6) is 0 Å². The van der Waals surface area contributed by atoms with Crippen LogP contribution < -0.4 is 0 Å². The predicted octanol–water partition coefficient (Wildman–Crippen LogP) is 2.41. The summed E-state index contributed by atoms with van der Waals surface area (Å²) in [7, 11) is 0. The molecular formula is C12H11ClN2O. The van der Waals surface area contributed by atoms with E-state index in [-0.39, 0.29) is 0 Å². The van der Waals surface area contributed by atoms with Crippen molar-refractivity contribution in [1.29, 1.82) is 0 Å². The van der Waals surface area contributed by atoms with Crippen molar-refractivity contribution in [3.05, 3.63) is 59.1 Å². The van der Waals surface area contributed by atoms with Gasteiger partial charge >= 0.3 is 0 Å². The Bertz CT molecular complexity index is 462. The molecule has 2 rings (SSSR count). The minimum absolute atomic E-state index is 0.485. The second-order valence-electron chi connectivity index (χ2n) is 3.48. The molecule has 0 amide bonds. The number of aliphatic hydroxyl groups excluding tert-OH is 1. The van der Waals surface area contributed by atoms with Gasteiger partial charge in [0.1, 0.15) is 0 Å². The van der Waals surface area contributed by atoms with Gasteiger partial charge in [0.25, 0.3) is 0 Å². The molecule has 1 atom stereocenters. The third-order valence-electron chi connectivity index (χ3n) is 2.31. The Kier molecular flexibility index (Phi) is 3.49. The van der Waals surface area contributed by atoms with Crippen molar-refractivity contribution in [1.82, 2.24) is 9.97 Å². The third kappa shape index (κ3) is 2.56. The Morgan fingerprint density at radius 1 is 1.19 bits per heavy atom. The molecule has 16 heavy (non-hydrogen) atoms. The number of aromatic nitrogens is 2. The van der Waals surface area contributed by atoms with E-state index in [0.717, 1.165) is 5.56 Å². The van der Waals surface area contributed by atoms with Crippen LogP contribution in [-0.4, -0.2) is 15.1 Å². The van der Waals surface area contributed by atoms with Crippen LogP contribution in [0.3, 0.4) is 0 Å². The molecule has 0 bridgehead atoms. The zero-order valence-electron chi connectivity index (χ0n) is 8.55. The summed E-state index contributed by atoms with van der Waals surface area (Å²) in [6.07, 6.45) is 6.46. The lowest BCUT2D eigenvalue weighted by Gasteiger charge is -2.11. The van der Waals surface area contributed by atoms with Crippen LogP contribution in [0.15, 0.2) is 43.0 Å². The van der Waals surface area contributed by atoms with Crippen molar-refractivity contribution in [3.8, 4) is 0 Å². The maximum Gasteiger partial charge on any atom is 0.0846 e. The van der Waals surface area contributed by atoms with Gasteiger partial charge < -0.3 is 5.11 Å². The highest BCUT2D eigenvalue weighted by molar-refractivity contribution is 6.31. The van der Waals surface area contributed by atoms with E-state index in [4.69, 9.17) is 11.6 Å². The molecule has 0 saturated carbocycles. The lowest BCUT2D eigenvalue weighted by molar-refractivity contribution is 0.178. The summed E-state index contributed by atoms with van der Waals surface area (Å²) >= 11 is 5.95. The fourth-order valence-corrected chi connectivity index (χ4v) is 1.75. The zero-order valence-corrected chi connectivity index (χ0v) is 9.30. The minimum Gasteiger partial charge on any atom is -0.388 e. The summed E-state index contributed by atoms with van der Waals surface area (Å²) in [5, 5.41) is 10.5. The van der Waals surface area contributed by atoms with Crippen LogP contribution in [0.1, 0.15) is 17.2 Å². The van der Waals surface area contributed by atoms with Gasteiger partial charge in [-0.1, -0.05) is 17.7 Å². The van der Waals surface area contributed by atoms with Gasteiger partial charge in [0.05, 0.1) is 11.1 Å². The monoisotopic (exact) mass is 234 g/mol. The molecule has 82 valence electrons. The smallest absolute Gasteiger partial charge is 0.0846 e. The molecule has 0 spiro atoms. The van der Waals surface area contributed by atoms with Crippen LogP contribution in [0.2, 0.25) is 5.02 Å². The number of nitrogens with zero attached hydrogens (tertiary/aromatic N) is 2.